The van der Waals surface area contributed by atoms with Crippen molar-refractivity contribution in [1.29, 1.82) is 0 Å². The fourth-order valence-corrected chi connectivity index (χ4v) is 2.11. The molecule has 1 saturated heterocycles. The normalized spacial score (nSPS) is 19.4. The van der Waals surface area contributed by atoms with E-state index < -0.39 is 0 Å². The van der Waals surface area contributed by atoms with E-state index >= 15 is 0 Å². The molecule has 0 aromatic carbocycles. The number of hydrogen-bond acceptors (Lipinski definition) is 4. The maximum atomic E-state index is 12.2. The Morgan fingerprint density at radius 1 is 1.53 bits per heavy atom. The average Bonchev–Trinajstić information content (AvgIpc) is 2.43. The molecule has 2 N–H and O–H groups in total. The van der Waals surface area contributed by atoms with Crippen molar-refractivity contribution in [1.82, 2.24) is 9.47 Å². The summed E-state index contributed by atoms with van der Waals surface area (Å²) in [5.74, 6) is -0.0746. The molecule has 1 unspecified atom stereocenters. The van der Waals surface area contributed by atoms with Gasteiger partial charge in [0.1, 0.15) is 6.54 Å². The van der Waals surface area contributed by atoms with Gasteiger partial charge in [-0.2, -0.15) is 0 Å². The van der Waals surface area contributed by atoms with E-state index in [2.05, 4.69) is 0 Å². The Bertz CT molecular complexity index is 512. The summed E-state index contributed by atoms with van der Waals surface area (Å²) in [7, 11) is 0. The molecule has 1 aromatic rings. The number of ether oxygens (including phenoxy) is 1. The molecule has 2 rings (SSSR count). The topological polar surface area (TPSA) is 77.6 Å². The molecule has 1 aliphatic rings. The fraction of sp³-hybridized carbons (Fsp3) is 0.538. The molecule has 0 aliphatic carbocycles. The molecule has 0 radical (unpaired) electrons. The number of nitrogens with zero attached hydrogens (tertiary/aromatic N) is 2. The van der Waals surface area contributed by atoms with Crippen molar-refractivity contribution < 1.29 is 9.53 Å². The fourth-order valence-electron chi connectivity index (χ4n) is 2.11. The van der Waals surface area contributed by atoms with Crippen LogP contribution in [0.2, 0.25) is 0 Å². The second-order valence-electron chi connectivity index (χ2n) is 4.67. The Hall–Kier alpha value is -1.82. The van der Waals surface area contributed by atoms with Crippen LogP contribution in [-0.4, -0.2) is 41.2 Å². The third-order valence-electron chi connectivity index (χ3n) is 3.26. The van der Waals surface area contributed by atoms with Gasteiger partial charge in [0.15, 0.2) is 0 Å². The van der Waals surface area contributed by atoms with E-state index in [1.54, 1.807) is 4.90 Å². The van der Waals surface area contributed by atoms with E-state index in [0.29, 0.717) is 25.4 Å². The van der Waals surface area contributed by atoms with E-state index in [1.807, 2.05) is 6.92 Å². The highest BCUT2D eigenvalue weighted by Crippen LogP contribution is 2.09. The minimum atomic E-state index is -0.220. The van der Waals surface area contributed by atoms with Crippen molar-refractivity contribution in [3.8, 4) is 0 Å². The Labute approximate surface area is 111 Å². The molecule has 104 valence electrons. The number of hydrogen-bond donors (Lipinski definition) is 1. The van der Waals surface area contributed by atoms with Crippen molar-refractivity contribution in [3.63, 3.8) is 0 Å². The number of anilines is 1. The molecule has 2 heterocycles. The number of amides is 1. The summed E-state index contributed by atoms with van der Waals surface area (Å²) in [6.07, 6.45) is 2.47. The maximum absolute atomic E-state index is 12.2. The highest BCUT2D eigenvalue weighted by Gasteiger charge is 2.23. The third kappa shape index (κ3) is 3.35. The zero-order chi connectivity index (χ0) is 13.8. The lowest BCUT2D eigenvalue weighted by molar-refractivity contribution is -0.139. The minimum absolute atomic E-state index is 0.0281. The zero-order valence-electron chi connectivity index (χ0n) is 11.0. The van der Waals surface area contributed by atoms with Gasteiger partial charge in [-0.15, -0.1) is 0 Å². The molecule has 0 saturated carbocycles. The minimum Gasteiger partial charge on any atom is -0.398 e. The molecule has 0 bridgehead atoms. The lowest BCUT2D eigenvalue weighted by atomic mass is 10.2. The van der Waals surface area contributed by atoms with E-state index in [1.165, 1.54) is 22.9 Å². The van der Waals surface area contributed by atoms with Crippen LogP contribution >= 0.6 is 0 Å². The molecule has 6 heteroatoms. The molecular weight excluding hydrogens is 246 g/mol. The van der Waals surface area contributed by atoms with E-state index in [4.69, 9.17) is 10.5 Å². The predicted molar refractivity (Wildman–Crippen MR) is 71.7 cm³/mol. The van der Waals surface area contributed by atoms with Gasteiger partial charge in [0.25, 0.3) is 5.56 Å². The van der Waals surface area contributed by atoms with Crippen LogP contribution in [-0.2, 0) is 16.1 Å². The van der Waals surface area contributed by atoms with Crippen molar-refractivity contribution in [3.05, 3.63) is 28.7 Å². The predicted octanol–water partition coefficient (Wildman–Crippen LogP) is 0.0679. The third-order valence-corrected chi connectivity index (χ3v) is 3.26. The summed E-state index contributed by atoms with van der Waals surface area (Å²) >= 11 is 0. The average molecular weight is 265 g/mol. The summed E-state index contributed by atoms with van der Waals surface area (Å²) in [6.45, 7) is 3.77. The number of pyridine rings is 1. The first-order chi connectivity index (χ1) is 9.10. The largest absolute Gasteiger partial charge is 0.398 e. The number of nitrogens with two attached hydrogens (primary N) is 1. The maximum Gasteiger partial charge on any atom is 0.251 e. The lowest BCUT2D eigenvalue weighted by Gasteiger charge is -2.32. The molecule has 1 aliphatic heterocycles. The Kier molecular flexibility index (Phi) is 4.21. The Morgan fingerprint density at radius 3 is 3.05 bits per heavy atom. The quantitative estimate of drug-likeness (QED) is 0.839. The van der Waals surface area contributed by atoms with E-state index in [-0.39, 0.29) is 24.1 Å². The van der Waals surface area contributed by atoms with Crippen molar-refractivity contribution in [2.75, 3.05) is 25.4 Å². The molecule has 1 aromatic heterocycles. The highest BCUT2D eigenvalue weighted by molar-refractivity contribution is 5.76. The van der Waals surface area contributed by atoms with Gasteiger partial charge in [-0.3, -0.25) is 9.59 Å². The lowest BCUT2D eigenvalue weighted by Crippen LogP contribution is -2.47. The highest BCUT2D eigenvalue weighted by atomic mass is 16.5. The molecule has 1 atom stereocenters. The van der Waals surface area contributed by atoms with Crippen LogP contribution in [0.3, 0.4) is 0 Å². The summed E-state index contributed by atoms with van der Waals surface area (Å²) in [5.41, 5.74) is 5.87. The summed E-state index contributed by atoms with van der Waals surface area (Å²) in [5, 5.41) is 0. The first-order valence-corrected chi connectivity index (χ1v) is 6.45. The van der Waals surface area contributed by atoms with Gasteiger partial charge >= 0.3 is 0 Å². The molecule has 6 nitrogen and oxygen atoms in total. The van der Waals surface area contributed by atoms with Gasteiger partial charge in [-0.05, 0) is 12.5 Å². The van der Waals surface area contributed by atoms with Crippen LogP contribution in [0.25, 0.3) is 0 Å². The molecular formula is C13H19N3O3. The number of nitrogen functional groups attached to an aromatic ring is 1. The van der Waals surface area contributed by atoms with Crippen LogP contribution in [0.1, 0.15) is 13.3 Å². The second-order valence-corrected chi connectivity index (χ2v) is 4.67. The zero-order valence-corrected chi connectivity index (χ0v) is 11.0. The number of aromatic nitrogens is 1. The summed E-state index contributed by atoms with van der Waals surface area (Å²) < 4.78 is 6.86. The van der Waals surface area contributed by atoms with Crippen LogP contribution in [0.5, 0.6) is 0 Å². The Balaban J connectivity index is 2.04. The molecule has 1 fully saturated rings. The first-order valence-electron chi connectivity index (χ1n) is 6.45. The van der Waals surface area contributed by atoms with Gasteiger partial charge in [0.05, 0.1) is 12.7 Å². The number of carbonyl (C=O) groups excluding carboxylic acids is 1. The number of morpholine rings is 1. The summed E-state index contributed by atoms with van der Waals surface area (Å²) in [4.78, 5) is 25.5. The van der Waals surface area contributed by atoms with Crippen molar-refractivity contribution in [2.45, 2.75) is 26.0 Å². The van der Waals surface area contributed by atoms with E-state index in [9.17, 15) is 9.59 Å². The standard InChI is InChI=1S/C13H19N3O3/c1-2-11-8-15(5-6-19-11)13(18)9-16-7-10(14)3-4-12(16)17/h3-4,7,11H,2,5-6,8-9,14H2,1H3. The molecule has 0 spiro atoms. The number of rotatable bonds is 3. The van der Waals surface area contributed by atoms with Gasteiger partial charge in [0.2, 0.25) is 5.91 Å². The van der Waals surface area contributed by atoms with Crippen LogP contribution < -0.4 is 11.3 Å². The van der Waals surface area contributed by atoms with Gasteiger partial charge in [-0.25, -0.2) is 0 Å². The SMILES string of the molecule is CCC1CN(C(=O)Cn2cc(N)ccc2=O)CCO1. The monoisotopic (exact) mass is 265 g/mol. The van der Waals surface area contributed by atoms with Crippen molar-refractivity contribution in [2.24, 2.45) is 0 Å². The smallest absolute Gasteiger partial charge is 0.251 e. The second kappa shape index (κ2) is 5.88. The van der Waals surface area contributed by atoms with Gasteiger partial charge in [0, 0.05) is 31.0 Å². The molecule has 19 heavy (non-hydrogen) atoms. The van der Waals surface area contributed by atoms with Crippen LogP contribution in [0.4, 0.5) is 5.69 Å². The Morgan fingerprint density at radius 2 is 2.32 bits per heavy atom. The molecule has 1 amide bonds. The van der Waals surface area contributed by atoms with Gasteiger partial charge in [-0.1, -0.05) is 6.92 Å². The van der Waals surface area contributed by atoms with Crippen molar-refractivity contribution >= 4 is 11.6 Å². The van der Waals surface area contributed by atoms with E-state index in [0.717, 1.165) is 6.42 Å². The van der Waals surface area contributed by atoms with Crippen LogP contribution in [0.15, 0.2) is 23.1 Å². The van der Waals surface area contributed by atoms with Crippen LogP contribution in [0, 0.1) is 0 Å². The van der Waals surface area contributed by atoms with Gasteiger partial charge < -0.3 is 19.9 Å². The first kappa shape index (κ1) is 13.6. The number of carbonyl (C=O) groups is 1. The summed E-state index contributed by atoms with van der Waals surface area (Å²) in [6, 6.07) is 2.90.